The Morgan fingerprint density at radius 2 is 2.05 bits per heavy atom. The quantitative estimate of drug-likeness (QED) is 0.220. The van der Waals surface area contributed by atoms with Gasteiger partial charge in [0.15, 0.2) is 5.82 Å². The Morgan fingerprint density at radius 1 is 1.21 bits per heavy atom. The number of aromatic nitrogens is 1. The number of aromatic amines is 1. The van der Waals surface area contributed by atoms with Gasteiger partial charge in [0.1, 0.15) is 18.2 Å². The monoisotopic (exact) mass is 519 g/mol. The zero-order chi connectivity index (χ0) is 26.7. The van der Waals surface area contributed by atoms with Crippen LogP contribution in [0.1, 0.15) is 38.8 Å². The smallest absolute Gasteiger partial charge is 0.155 e. The minimum absolute atomic E-state index is 0.270. The zero-order valence-electron chi connectivity index (χ0n) is 22.6. The lowest BCUT2D eigenvalue weighted by molar-refractivity contribution is 0.0322. The van der Waals surface area contributed by atoms with Crippen molar-refractivity contribution in [1.82, 2.24) is 9.88 Å². The number of hydrogen-bond donors (Lipinski definition) is 2. The number of benzene rings is 2. The van der Waals surface area contributed by atoms with Crippen molar-refractivity contribution in [2.45, 2.75) is 40.0 Å². The zero-order valence-corrected chi connectivity index (χ0v) is 22.6. The van der Waals surface area contributed by atoms with Gasteiger partial charge in [-0.3, -0.25) is 4.90 Å². The second kappa shape index (κ2) is 13.9. The number of amidine groups is 1. The number of rotatable bonds is 11. The molecule has 0 bridgehead atoms. The number of morpholine rings is 1. The van der Waals surface area contributed by atoms with E-state index >= 15 is 0 Å². The fourth-order valence-corrected chi connectivity index (χ4v) is 4.29. The summed E-state index contributed by atoms with van der Waals surface area (Å²) in [5.74, 6) is 1.28. The molecular weight excluding hydrogens is 481 g/mol. The minimum atomic E-state index is -0.270. The van der Waals surface area contributed by atoms with Gasteiger partial charge in [-0.2, -0.15) is 0 Å². The molecule has 8 heteroatoms. The standard InChI is InChI=1S/C30H38FN5O2/c1-4-5-9-29(35-24-7-6-8-25(21-24)38-19-16-36-14-17-37-18-15-36)32-13-12-22(2)33-28-11-10-27-26(30(28)31)20-23(3)34-27/h6-8,10-13,20-21,33-34H,4-5,9,14-19H2,1-3H3. The van der Waals surface area contributed by atoms with Crippen molar-refractivity contribution in [1.29, 1.82) is 0 Å². The number of nitrogens with zero attached hydrogens (tertiary/aromatic N) is 3. The molecule has 0 saturated carbocycles. The Morgan fingerprint density at radius 3 is 2.87 bits per heavy atom. The molecule has 2 aromatic carbocycles. The van der Waals surface area contributed by atoms with E-state index in [0.717, 1.165) is 86.3 Å². The highest BCUT2D eigenvalue weighted by Crippen LogP contribution is 2.26. The Bertz CT molecular complexity index is 1290. The summed E-state index contributed by atoms with van der Waals surface area (Å²) in [5, 5.41) is 3.72. The fraction of sp³-hybridized carbons (Fsp3) is 0.400. The van der Waals surface area contributed by atoms with Gasteiger partial charge in [-0.25, -0.2) is 14.4 Å². The van der Waals surface area contributed by atoms with Gasteiger partial charge in [0, 0.05) is 60.6 Å². The molecule has 3 aromatic rings. The largest absolute Gasteiger partial charge is 0.492 e. The molecule has 0 aliphatic carbocycles. The highest BCUT2D eigenvalue weighted by Gasteiger charge is 2.11. The van der Waals surface area contributed by atoms with Crippen LogP contribution < -0.4 is 10.1 Å². The fourth-order valence-electron chi connectivity index (χ4n) is 4.29. The number of fused-ring (bicyclic) bond motifs is 1. The van der Waals surface area contributed by atoms with E-state index in [-0.39, 0.29) is 5.82 Å². The molecule has 1 aromatic heterocycles. The maximum atomic E-state index is 14.9. The number of aliphatic imine (C=N–C) groups is 2. The number of H-pyrrole nitrogens is 1. The molecule has 1 aliphatic heterocycles. The van der Waals surface area contributed by atoms with E-state index in [1.165, 1.54) is 0 Å². The summed E-state index contributed by atoms with van der Waals surface area (Å²) in [6.07, 6.45) is 6.37. The first-order valence-corrected chi connectivity index (χ1v) is 13.4. The van der Waals surface area contributed by atoms with Gasteiger partial charge in [0.05, 0.1) is 24.6 Å². The number of allylic oxidation sites excluding steroid dienone is 2. The molecular formula is C30H38FN5O2. The summed E-state index contributed by atoms with van der Waals surface area (Å²) in [6.45, 7) is 10.9. The Balaban J connectivity index is 1.39. The molecule has 0 amide bonds. The van der Waals surface area contributed by atoms with Crippen LogP contribution in [0, 0.1) is 12.7 Å². The maximum absolute atomic E-state index is 14.9. The Labute approximate surface area is 224 Å². The summed E-state index contributed by atoms with van der Waals surface area (Å²) in [6, 6.07) is 13.3. The number of ether oxygens (including phenoxy) is 2. The SMILES string of the molecule is CCCCC(N=CC=C(C)Nc1ccc2[nH]c(C)cc2c1F)=Nc1cccc(OCCN2CCOCC2)c1. The predicted molar refractivity (Wildman–Crippen MR) is 155 cm³/mol. The van der Waals surface area contributed by atoms with Crippen LogP contribution in [0.4, 0.5) is 15.8 Å². The van der Waals surface area contributed by atoms with Crippen LogP contribution in [-0.2, 0) is 4.74 Å². The molecule has 2 N–H and O–H groups in total. The van der Waals surface area contributed by atoms with Crippen molar-refractivity contribution in [2.75, 3.05) is 44.8 Å². The average Bonchev–Trinajstić information content (AvgIpc) is 3.31. The molecule has 0 atom stereocenters. The van der Waals surface area contributed by atoms with Crippen molar-refractivity contribution in [2.24, 2.45) is 9.98 Å². The van der Waals surface area contributed by atoms with Gasteiger partial charge in [-0.05, 0) is 56.7 Å². The number of anilines is 1. The van der Waals surface area contributed by atoms with Crippen LogP contribution >= 0.6 is 0 Å². The first-order chi connectivity index (χ1) is 18.5. The highest BCUT2D eigenvalue weighted by molar-refractivity contribution is 5.94. The van der Waals surface area contributed by atoms with E-state index < -0.39 is 0 Å². The first kappa shape index (κ1) is 27.5. The number of nitrogens with one attached hydrogen (secondary N) is 2. The number of aryl methyl sites for hydroxylation is 1. The Kier molecular flexibility index (Phi) is 10.1. The minimum Gasteiger partial charge on any atom is -0.492 e. The Hall–Kier alpha value is -3.49. The second-order valence-electron chi connectivity index (χ2n) is 9.52. The molecule has 38 heavy (non-hydrogen) atoms. The lowest BCUT2D eigenvalue weighted by Crippen LogP contribution is -2.38. The molecule has 0 spiro atoms. The lowest BCUT2D eigenvalue weighted by Gasteiger charge is -2.26. The van der Waals surface area contributed by atoms with Crippen LogP contribution in [0.5, 0.6) is 5.75 Å². The van der Waals surface area contributed by atoms with Gasteiger partial charge in [0.25, 0.3) is 0 Å². The van der Waals surface area contributed by atoms with Gasteiger partial charge < -0.3 is 19.8 Å². The van der Waals surface area contributed by atoms with Crippen LogP contribution in [0.15, 0.2) is 64.2 Å². The summed E-state index contributed by atoms with van der Waals surface area (Å²) < 4.78 is 26.3. The van der Waals surface area contributed by atoms with Gasteiger partial charge >= 0.3 is 0 Å². The third-order valence-corrected chi connectivity index (χ3v) is 6.36. The molecule has 2 heterocycles. The number of unbranched alkanes of at least 4 members (excludes halogenated alkanes) is 1. The molecule has 202 valence electrons. The van der Waals surface area contributed by atoms with Crippen LogP contribution in [0.25, 0.3) is 10.9 Å². The van der Waals surface area contributed by atoms with Gasteiger partial charge in [-0.1, -0.05) is 19.4 Å². The number of halogens is 1. The normalized spacial score (nSPS) is 15.5. The summed E-state index contributed by atoms with van der Waals surface area (Å²) in [4.78, 5) is 14.9. The summed E-state index contributed by atoms with van der Waals surface area (Å²) in [5.41, 5.74) is 3.75. The molecule has 0 unspecified atom stereocenters. The van der Waals surface area contributed by atoms with Crippen molar-refractivity contribution in [3.8, 4) is 5.75 Å². The van der Waals surface area contributed by atoms with E-state index in [4.69, 9.17) is 14.5 Å². The highest BCUT2D eigenvalue weighted by atomic mass is 19.1. The first-order valence-electron chi connectivity index (χ1n) is 13.4. The van der Waals surface area contributed by atoms with Crippen LogP contribution in [0.3, 0.4) is 0 Å². The second-order valence-corrected chi connectivity index (χ2v) is 9.52. The molecule has 4 rings (SSSR count). The molecule has 1 aliphatic rings. The van der Waals surface area contributed by atoms with Gasteiger partial charge in [0.2, 0.25) is 0 Å². The number of hydrogen-bond acceptors (Lipinski definition) is 5. The van der Waals surface area contributed by atoms with E-state index in [2.05, 4.69) is 27.1 Å². The van der Waals surface area contributed by atoms with Gasteiger partial charge in [-0.15, -0.1) is 0 Å². The van der Waals surface area contributed by atoms with Crippen LogP contribution in [0.2, 0.25) is 0 Å². The van der Waals surface area contributed by atoms with E-state index in [0.29, 0.717) is 17.7 Å². The molecule has 1 saturated heterocycles. The summed E-state index contributed by atoms with van der Waals surface area (Å²) in [7, 11) is 0. The molecule has 7 nitrogen and oxygen atoms in total. The third kappa shape index (κ3) is 8.00. The predicted octanol–water partition coefficient (Wildman–Crippen LogP) is 6.63. The van der Waals surface area contributed by atoms with Crippen molar-refractivity contribution in [3.05, 3.63) is 65.7 Å². The van der Waals surface area contributed by atoms with Crippen molar-refractivity contribution in [3.63, 3.8) is 0 Å². The molecule has 0 radical (unpaired) electrons. The van der Waals surface area contributed by atoms with E-state index in [1.807, 2.05) is 56.3 Å². The molecule has 1 fully saturated rings. The summed E-state index contributed by atoms with van der Waals surface area (Å²) >= 11 is 0. The topological polar surface area (TPSA) is 74.2 Å². The van der Waals surface area contributed by atoms with E-state index in [9.17, 15) is 4.39 Å². The van der Waals surface area contributed by atoms with E-state index in [1.54, 1.807) is 12.3 Å². The maximum Gasteiger partial charge on any atom is 0.155 e. The lowest BCUT2D eigenvalue weighted by atomic mass is 10.2. The third-order valence-electron chi connectivity index (χ3n) is 6.36. The average molecular weight is 520 g/mol. The van der Waals surface area contributed by atoms with Crippen molar-refractivity contribution < 1.29 is 13.9 Å². The van der Waals surface area contributed by atoms with Crippen molar-refractivity contribution >= 4 is 34.3 Å². The van der Waals surface area contributed by atoms with Crippen LogP contribution in [-0.4, -0.2) is 61.4 Å².